The van der Waals surface area contributed by atoms with Crippen molar-refractivity contribution in [3.63, 3.8) is 0 Å². The summed E-state index contributed by atoms with van der Waals surface area (Å²) in [6.07, 6.45) is 0.726. The molecule has 0 bridgehead atoms. The Kier molecular flexibility index (Phi) is 8.35. The second-order valence-electron chi connectivity index (χ2n) is 6.97. The molecule has 3 aromatic carbocycles. The molecule has 7 heteroatoms. The monoisotopic (exact) mass is 437 g/mol. The van der Waals surface area contributed by atoms with Crippen molar-refractivity contribution in [2.75, 3.05) is 24.6 Å². The molecule has 3 rings (SSSR count). The third-order valence-electron chi connectivity index (χ3n) is 4.77. The van der Waals surface area contributed by atoms with E-state index in [1.807, 2.05) is 42.5 Å². The van der Waals surface area contributed by atoms with Crippen LogP contribution in [0.3, 0.4) is 0 Å². The fourth-order valence-electron chi connectivity index (χ4n) is 3.18. The van der Waals surface area contributed by atoms with Crippen molar-refractivity contribution in [2.45, 2.75) is 13.0 Å². The molecule has 0 radical (unpaired) electrons. The molecule has 0 aliphatic carbocycles. The van der Waals surface area contributed by atoms with Crippen LogP contribution < -0.4 is 9.62 Å². The number of amides is 1. The highest BCUT2D eigenvalue weighted by atomic mass is 32.2. The van der Waals surface area contributed by atoms with Gasteiger partial charge >= 0.3 is 0 Å². The minimum atomic E-state index is -2.46. The van der Waals surface area contributed by atoms with Crippen LogP contribution in [0, 0.1) is 0 Å². The summed E-state index contributed by atoms with van der Waals surface area (Å²) in [7, 11) is 1.62. The number of nitrogens with one attached hydrogen (secondary N) is 1. The smallest absolute Gasteiger partial charge is 0.251 e. The lowest BCUT2D eigenvalue weighted by atomic mass is 10.1. The van der Waals surface area contributed by atoms with E-state index in [-0.39, 0.29) is 12.5 Å². The molecule has 0 spiro atoms. The molecule has 1 amide bonds. The molecule has 6 nitrogen and oxygen atoms in total. The molecule has 0 fully saturated rings. The SMILES string of the molecule is COCCCNC(=O)c1cccc(CN(c2ccc(-c3ccccc3)cc2)S(=O)[O-])c1. The van der Waals surface area contributed by atoms with Crippen molar-refractivity contribution in [1.82, 2.24) is 5.32 Å². The maximum Gasteiger partial charge on any atom is 0.251 e. The summed E-state index contributed by atoms with van der Waals surface area (Å²) in [5, 5.41) is 2.84. The number of hydrogen-bond donors (Lipinski definition) is 1. The van der Waals surface area contributed by atoms with Crippen LogP contribution in [0.1, 0.15) is 22.3 Å². The van der Waals surface area contributed by atoms with Gasteiger partial charge in [-0.05, 0) is 47.4 Å². The van der Waals surface area contributed by atoms with Crippen LogP contribution in [0.15, 0.2) is 78.9 Å². The van der Waals surface area contributed by atoms with Crippen LogP contribution in [0.4, 0.5) is 5.69 Å². The number of methoxy groups -OCH3 is 1. The van der Waals surface area contributed by atoms with E-state index in [4.69, 9.17) is 4.74 Å². The zero-order chi connectivity index (χ0) is 22.1. The van der Waals surface area contributed by atoms with Gasteiger partial charge in [-0.15, -0.1) is 0 Å². The number of anilines is 1. The van der Waals surface area contributed by atoms with E-state index in [0.29, 0.717) is 24.4 Å². The lowest BCUT2D eigenvalue weighted by Crippen LogP contribution is -2.26. The fraction of sp³-hybridized carbons (Fsp3) is 0.208. The number of nitrogens with zero attached hydrogens (tertiary/aromatic N) is 1. The second kappa shape index (κ2) is 11.4. The van der Waals surface area contributed by atoms with E-state index in [2.05, 4.69) is 5.32 Å². The van der Waals surface area contributed by atoms with Gasteiger partial charge in [0.25, 0.3) is 5.91 Å². The second-order valence-corrected chi connectivity index (χ2v) is 7.84. The standard InChI is InChI=1S/C24H26N2O4S/c1-30-16-6-15-25-24(27)22-10-5-7-19(17-22)18-26(31(28)29)23-13-11-21(12-14-23)20-8-3-2-4-9-20/h2-5,7-14,17H,6,15-16,18H2,1H3,(H,25,27)(H,28,29)/p-1. The third-order valence-corrected chi connectivity index (χ3v) is 5.47. The van der Waals surface area contributed by atoms with Gasteiger partial charge in [-0.3, -0.25) is 13.3 Å². The predicted molar refractivity (Wildman–Crippen MR) is 122 cm³/mol. The van der Waals surface area contributed by atoms with Gasteiger partial charge < -0.3 is 14.6 Å². The first-order valence-corrected chi connectivity index (χ1v) is 11.0. The Morgan fingerprint density at radius 3 is 2.39 bits per heavy atom. The Bertz CT molecular complexity index is 1010. The Morgan fingerprint density at radius 1 is 1.00 bits per heavy atom. The topological polar surface area (TPSA) is 81.7 Å². The van der Waals surface area contributed by atoms with Crippen molar-refractivity contribution in [3.05, 3.63) is 90.0 Å². The van der Waals surface area contributed by atoms with Crippen LogP contribution in [-0.2, 0) is 22.5 Å². The minimum Gasteiger partial charge on any atom is -0.755 e. The first-order valence-electron chi connectivity index (χ1n) is 9.97. The van der Waals surface area contributed by atoms with Gasteiger partial charge in [-0.25, -0.2) is 0 Å². The molecule has 162 valence electrons. The van der Waals surface area contributed by atoms with Crippen molar-refractivity contribution in [3.8, 4) is 11.1 Å². The summed E-state index contributed by atoms with van der Waals surface area (Å²) in [6, 6.07) is 24.2. The van der Waals surface area contributed by atoms with Crippen LogP contribution in [0.25, 0.3) is 11.1 Å². The molecule has 0 aliphatic rings. The molecular formula is C24H25N2O4S-. The average Bonchev–Trinajstić information content (AvgIpc) is 2.81. The Balaban J connectivity index is 1.72. The number of carbonyl (C=O) groups is 1. The highest BCUT2D eigenvalue weighted by molar-refractivity contribution is 7.80. The van der Waals surface area contributed by atoms with Crippen LogP contribution >= 0.6 is 0 Å². The minimum absolute atomic E-state index is 0.131. The van der Waals surface area contributed by atoms with E-state index in [0.717, 1.165) is 23.1 Å². The number of carbonyl (C=O) groups excluding carboxylic acids is 1. The van der Waals surface area contributed by atoms with Gasteiger partial charge in [0.05, 0.1) is 6.54 Å². The third kappa shape index (κ3) is 6.49. The van der Waals surface area contributed by atoms with Crippen LogP contribution in [-0.4, -0.2) is 34.9 Å². The largest absolute Gasteiger partial charge is 0.755 e. The number of rotatable bonds is 10. The van der Waals surface area contributed by atoms with E-state index in [9.17, 15) is 13.6 Å². The highest BCUT2D eigenvalue weighted by Gasteiger charge is 2.11. The normalized spacial score (nSPS) is 11.7. The van der Waals surface area contributed by atoms with Gasteiger partial charge in [0.2, 0.25) is 0 Å². The van der Waals surface area contributed by atoms with Crippen molar-refractivity contribution in [2.24, 2.45) is 0 Å². The number of hydrogen-bond acceptors (Lipinski definition) is 4. The maximum atomic E-state index is 12.3. The molecule has 0 aliphatic heterocycles. The van der Waals surface area contributed by atoms with Gasteiger partial charge in [0, 0.05) is 42.8 Å². The molecule has 0 aromatic heterocycles. The van der Waals surface area contributed by atoms with E-state index < -0.39 is 11.3 Å². The average molecular weight is 438 g/mol. The first kappa shape index (κ1) is 22.7. The number of benzene rings is 3. The fourth-order valence-corrected chi connectivity index (χ4v) is 3.73. The quantitative estimate of drug-likeness (QED) is 0.385. The molecule has 0 saturated carbocycles. The summed E-state index contributed by atoms with van der Waals surface area (Å²) in [4.78, 5) is 12.3. The molecular weight excluding hydrogens is 412 g/mol. The van der Waals surface area contributed by atoms with Gasteiger partial charge in [-0.2, -0.15) is 0 Å². The number of ether oxygens (including phenoxy) is 1. The molecule has 1 atom stereocenters. The molecule has 1 unspecified atom stereocenters. The van der Waals surface area contributed by atoms with Crippen LogP contribution in [0.5, 0.6) is 0 Å². The summed E-state index contributed by atoms with van der Waals surface area (Å²) in [5.74, 6) is -0.194. The summed E-state index contributed by atoms with van der Waals surface area (Å²) in [6.45, 7) is 1.22. The summed E-state index contributed by atoms with van der Waals surface area (Å²) < 4.78 is 30.1. The Labute approximate surface area is 185 Å². The predicted octanol–water partition coefficient (Wildman–Crippen LogP) is 3.92. The lowest BCUT2D eigenvalue weighted by molar-refractivity contribution is 0.0948. The van der Waals surface area contributed by atoms with Gasteiger partial charge in [0.15, 0.2) is 0 Å². The summed E-state index contributed by atoms with van der Waals surface area (Å²) in [5.41, 5.74) is 3.84. The van der Waals surface area contributed by atoms with Gasteiger partial charge in [0.1, 0.15) is 0 Å². The van der Waals surface area contributed by atoms with Crippen molar-refractivity contribution < 1.29 is 18.3 Å². The highest BCUT2D eigenvalue weighted by Crippen LogP contribution is 2.25. The van der Waals surface area contributed by atoms with E-state index >= 15 is 0 Å². The Morgan fingerprint density at radius 2 is 1.71 bits per heavy atom. The van der Waals surface area contributed by atoms with E-state index in [1.165, 1.54) is 4.31 Å². The van der Waals surface area contributed by atoms with Crippen molar-refractivity contribution in [1.29, 1.82) is 0 Å². The molecule has 0 saturated heterocycles. The molecule has 0 heterocycles. The first-order chi connectivity index (χ1) is 15.1. The zero-order valence-electron chi connectivity index (χ0n) is 17.3. The molecule has 3 aromatic rings. The summed E-state index contributed by atoms with van der Waals surface area (Å²) >= 11 is -2.46. The molecule has 31 heavy (non-hydrogen) atoms. The van der Waals surface area contributed by atoms with E-state index in [1.54, 1.807) is 43.5 Å². The van der Waals surface area contributed by atoms with Gasteiger partial charge in [-0.1, -0.05) is 54.6 Å². The molecule has 1 N–H and O–H groups in total. The Hall–Kier alpha value is -3.00. The van der Waals surface area contributed by atoms with Crippen LogP contribution in [0.2, 0.25) is 0 Å². The lowest BCUT2D eigenvalue weighted by Gasteiger charge is -2.27. The zero-order valence-corrected chi connectivity index (χ0v) is 18.1. The maximum absolute atomic E-state index is 12.3. The van der Waals surface area contributed by atoms with Crippen molar-refractivity contribution >= 4 is 22.9 Å².